The molecule has 0 aromatic carbocycles. The predicted molar refractivity (Wildman–Crippen MR) is 70.6 cm³/mol. The van der Waals surface area contributed by atoms with E-state index in [1.54, 1.807) is 13.2 Å². The number of methoxy groups -OCH3 is 1. The lowest BCUT2D eigenvalue weighted by atomic mass is 10.1. The van der Waals surface area contributed by atoms with Gasteiger partial charge in [-0.25, -0.2) is 0 Å². The number of halogens is 1. The van der Waals surface area contributed by atoms with Crippen molar-refractivity contribution in [2.24, 2.45) is 0 Å². The van der Waals surface area contributed by atoms with Crippen LogP contribution in [0.1, 0.15) is 26.7 Å². The Morgan fingerprint density at radius 3 is 2.47 bits per heavy atom. The van der Waals surface area contributed by atoms with Gasteiger partial charge in [-0.3, -0.25) is 0 Å². The van der Waals surface area contributed by atoms with Crippen molar-refractivity contribution in [2.75, 3.05) is 25.2 Å². The third kappa shape index (κ3) is 4.13. The smallest absolute Gasteiger partial charge is 0.151 e. The van der Waals surface area contributed by atoms with Gasteiger partial charge in [-0.05, 0) is 25.0 Å². The summed E-state index contributed by atoms with van der Waals surface area (Å²) in [6, 6.07) is 4.13. The van der Waals surface area contributed by atoms with Gasteiger partial charge >= 0.3 is 0 Å². The summed E-state index contributed by atoms with van der Waals surface area (Å²) in [6.07, 6.45) is 2.15. The molecule has 1 aromatic heterocycles. The van der Waals surface area contributed by atoms with Crippen LogP contribution in [-0.4, -0.2) is 36.5 Å². The molecule has 0 fully saturated rings. The van der Waals surface area contributed by atoms with Gasteiger partial charge in [0.1, 0.15) is 0 Å². The van der Waals surface area contributed by atoms with Gasteiger partial charge < -0.3 is 9.64 Å². The zero-order valence-electron chi connectivity index (χ0n) is 10.7. The normalized spacial score (nSPS) is 10.9. The number of anilines is 1. The lowest BCUT2D eigenvalue weighted by Gasteiger charge is -2.30. The monoisotopic (exact) mass is 257 g/mol. The van der Waals surface area contributed by atoms with Gasteiger partial charge in [-0.2, -0.15) is 0 Å². The molecule has 1 rings (SSSR count). The molecule has 4 nitrogen and oxygen atoms in total. The van der Waals surface area contributed by atoms with Crippen molar-refractivity contribution < 1.29 is 4.74 Å². The maximum absolute atomic E-state index is 5.75. The molecular weight excluding hydrogens is 238 g/mol. The van der Waals surface area contributed by atoms with Crippen LogP contribution < -0.4 is 4.90 Å². The average Bonchev–Trinajstić information content (AvgIpc) is 2.36. The molecule has 1 heterocycles. The number of ether oxygens (including phenoxy) is 1. The van der Waals surface area contributed by atoms with Crippen LogP contribution >= 0.6 is 11.6 Å². The first kappa shape index (κ1) is 14.2. The van der Waals surface area contributed by atoms with Gasteiger partial charge in [0.2, 0.25) is 0 Å². The Kier molecular flexibility index (Phi) is 6.22. The second kappa shape index (κ2) is 7.45. The zero-order chi connectivity index (χ0) is 12.7. The summed E-state index contributed by atoms with van der Waals surface area (Å²) in [5.74, 6) is 0.861. The van der Waals surface area contributed by atoms with Gasteiger partial charge in [0, 0.05) is 19.7 Å². The molecule has 96 valence electrons. The zero-order valence-corrected chi connectivity index (χ0v) is 11.4. The van der Waals surface area contributed by atoms with Crippen LogP contribution in [0.15, 0.2) is 12.1 Å². The van der Waals surface area contributed by atoms with Crippen LogP contribution in [0.3, 0.4) is 0 Å². The molecule has 5 heteroatoms. The Balaban J connectivity index is 2.84. The minimum absolute atomic E-state index is 0.421. The van der Waals surface area contributed by atoms with Crippen molar-refractivity contribution >= 4 is 17.4 Å². The Labute approximate surface area is 108 Å². The third-order valence-electron chi connectivity index (χ3n) is 2.83. The number of hydrogen-bond donors (Lipinski definition) is 0. The number of nitrogens with zero attached hydrogens (tertiary/aromatic N) is 3. The van der Waals surface area contributed by atoms with Gasteiger partial charge in [-0.15, -0.1) is 10.2 Å². The van der Waals surface area contributed by atoms with Crippen LogP contribution in [0.5, 0.6) is 0 Å². The maximum Gasteiger partial charge on any atom is 0.151 e. The average molecular weight is 258 g/mol. The molecule has 0 saturated heterocycles. The first-order valence-electron chi connectivity index (χ1n) is 5.97. The summed E-state index contributed by atoms with van der Waals surface area (Å²) in [4.78, 5) is 2.23. The van der Waals surface area contributed by atoms with Gasteiger partial charge in [0.15, 0.2) is 11.0 Å². The molecule has 1 aromatic rings. The van der Waals surface area contributed by atoms with Crippen molar-refractivity contribution in [2.45, 2.75) is 32.7 Å². The van der Waals surface area contributed by atoms with Crippen LogP contribution in [0, 0.1) is 0 Å². The third-order valence-corrected chi connectivity index (χ3v) is 3.03. The van der Waals surface area contributed by atoms with E-state index in [1.807, 2.05) is 6.07 Å². The molecule has 0 saturated carbocycles. The van der Waals surface area contributed by atoms with Crippen molar-refractivity contribution in [3.05, 3.63) is 17.3 Å². The lowest BCUT2D eigenvalue weighted by molar-refractivity contribution is 0.202. The largest absolute Gasteiger partial charge is 0.383 e. The molecule has 17 heavy (non-hydrogen) atoms. The fraction of sp³-hybridized carbons (Fsp3) is 0.667. The lowest BCUT2D eigenvalue weighted by Crippen LogP contribution is -2.37. The van der Waals surface area contributed by atoms with E-state index in [2.05, 4.69) is 28.9 Å². The second-order valence-corrected chi connectivity index (χ2v) is 4.26. The molecule has 0 aliphatic carbocycles. The summed E-state index contributed by atoms with van der Waals surface area (Å²) in [7, 11) is 1.71. The molecule has 0 aliphatic rings. The molecule has 0 unspecified atom stereocenters. The molecule has 0 amide bonds. The Bertz CT molecular complexity index is 314. The van der Waals surface area contributed by atoms with E-state index in [9.17, 15) is 0 Å². The van der Waals surface area contributed by atoms with Crippen molar-refractivity contribution in [1.82, 2.24) is 10.2 Å². The molecule has 0 aliphatic heterocycles. The first-order valence-corrected chi connectivity index (χ1v) is 6.35. The van der Waals surface area contributed by atoms with Gasteiger partial charge in [0.25, 0.3) is 0 Å². The highest BCUT2D eigenvalue weighted by Gasteiger charge is 2.16. The summed E-state index contributed by atoms with van der Waals surface area (Å²) in [6.45, 7) is 5.86. The molecule has 0 atom stereocenters. The van der Waals surface area contributed by atoms with Crippen molar-refractivity contribution in [3.63, 3.8) is 0 Å². The van der Waals surface area contributed by atoms with E-state index in [0.717, 1.165) is 25.2 Å². The Morgan fingerprint density at radius 2 is 2.00 bits per heavy atom. The topological polar surface area (TPSA) is 38.2 Å². The van der Waals surface area contributed by atoms with Crippen molar-refractivity contribution in [3.8, 4) is 0 Å². The standard InChI is InChI=1S/C12H20ClN3O/c1-4-10(5-2)16(8-9-17-3)12-7-6-11(13)14-15-12/h6-7,10H,4-5,8-9H2,1-3H3. The summed E-state index contributed by atoms with van der Waals surface area (Å²) in [5.41, 5.74) is 0. The quantitative estimate of drug-likeness (QED) is 0.753. The fourth-order valence-corrected chi connectivity index (χ4v) is 1.97. The number of rotatable bonds is 7. The molecule has 0 spiro atoms. The highest BCUT2D eigenvalue weighted by Crippen LogP contribution is 2.18. The molecule has 0 bridgehead atoms. The Morgan fingerprint density at radius 1 is 1.29 bits per heavy atom. The predicted octanol–water partition coefficient (Wildman–Crippen LogP) is 2.77. The van der Waals surface area contributed by atoms with E-state index in [4.69, 9.17) is 16.3 Å². The maximum atomic E-state index is 5.75. The minimum atomic E-state index is 0.421. The highest BCUT2D eigenvalue weighted by molar-refractivity contribution is 6.29. The van der Waals surface area contributed by atoms with Crippen molar-refractivity contribution in [1.29, 1.82) is 0 Å². The number of aromatic nitrogens is 2. The van der Waals surface area contributed by atoms with E-state index in [1.165, 1.54) is 0 Å². The molecular formula is C12H20ClN3O. The summed E-state index contributed by atoms with van der Waals surface area (Å²) >= 11 is 5.75. The first-order chi connectivity index (χ1) is 8.22. The van der Waals surface area contributed by atoms with Crippen LogP contribution in [0.25, 0.3) is 0 Å². The van der Waals surface area contributed by atoms with E-state index >= 15 is 0 Å². The van der Waals surface area contributed by atoms with E-state index in [0.29, 0.717) is 17.8 Å². The van der Waals surface area contributed by atoms with E-state index in [-0.39, 0.29) is 0 Å². The SMILES string of the molecule is CCC(CC)N(CCOC)c1ccc(Cl)nn1. The second-order valence-electron chi connectivity index (χ2n) is 3.87. The van der Waals surface area contributed by atoms with Gasteiger partial charge in [0.05, 0.1) is 6.61 Å². The van der Waals surface area contributed by atoms with Gasteiger partial charge in [-0.1, -0.05) is 25.4 Å². The van der Waals surface area contributed by atoms with Crippen LogP contribution in [0.2, 0.25) is 5.15 Å². The number of hydrogen-bond acceptors (Lipinski definition) is 4. The Hall–Kier alpha value is -0.870. The summed E-state index contributed by atoms with van der Waals surface area (Å²) < 4.78 is 5.14. The van der Waals surface area contributed by atoms with E-state index < -0.39 is 0 Å². The minimum Gasteiger partial charge on any atom is -0.383 e. The summed E-state index contributed by atoms with van der Waals surface area (Å²) in [5, 5.41) is 8.45. The van der Waals surface area contributed by atoms with Crippen LogP contribution in [-0.2, 0) is 4.74 Å². The van der Waals surface area contributed by atoms with Crippen LogP contribution in [0.4, 0.5) is 5.82 Å². The highest BCUT2D eigenvalue weighted by atomic mass is 35.5. The fourth-order valence-electron chi connectivity index (χ4n) is 1.87. The molecule has 0 N–H and O–H groups in total. The molecule has 0 radical (unpaired) electrons.